The van der Waals surface area contributed by atoms with Crippen molar-refractivity contribution in [3.63, 3.8) is 0 Å². The predicted octanol–water partition coefficient (Wildman–Crippen LogP) is 3.59. The van der Waals surface area contributed by atoms with Crippen molar-refractivity contribution in [3.8, 4) is 0 Å². The Balaban J connectivity index is 1.06. The molecule has 0 spiro atoms. The molecule has 1 unspecified atom stereocenters. The number of carbonyl (C=O) groups is 2. The fourth-order valence-electron chi connectivity index (χ4n) is 5.77. The third kappa shape index (κ3) is 5.49. The standard InChI is InChI=1S/C28H36N4O2/c33-26(25-10-9-23-6-3-7-24(23)19-25)11-12-28(34)32-14-4-5-22(21-32)20-30-15-17-31(18-16-30)27-8-1-2-13-29-27/h1-2,8-10,13,19,22H,3-7,11-12,14-18,20-21H2. The number of fused-ring (bicyclic) bond motifs is 1. The van der Waals surface area contributed by atoms with Crippen LogP contribution < -0.4 is 4.90 Å². The van der Waals surface area contributed by atoms with Crippen LogP contribution in [-0.4, -0.2) is 72.3 Å². The lowest BCUT2D eigenvalue weighted by Crippen LogP contribution is -2.50. The minimum absolute atomic E-state index is 0.0994. The molecular weight excluding hydrogens is 424 g/mol. The van der Waals surface area contributed by atoms with Crippen molar-refractivity contribution in [1.29, 1.82) is 0 Å². The number of likely N-dealkylation sites (tertiary alicyclic amines) is 1. The Morgan fingerprint density at radius 3 is 2.59 bits per heavy atom. The zero-order valence-corrected chi connectivity index (χ0v) is 20.1. The maximum atomic E-state index is 12.9. The zero-order valence-electron chi connectivity index (χ0n) is 20.1. The summed E-state index contributed by atoms with van der Waals surface area (Å²) in [5, 5.41) is 0. The maximum absolute atomic E-state index is 12.9. The van der Waals surface area contributed by atoms with E-state index >= 15 is 0 Å². The first-order chi connectivity index (χ1) is 16.7. The Morgan fingerprint density at radius 1 is 0.912 bits per heavy atom. The van der Waals surface area contributed by atoms with Crippen LogP contribution in [0.4, 0.5) is 5.82 Å². The number of ketones is 1. The number of piperidine rings is 1. The van der Waals surface area contributed by atoms with Crippen molar-refractivity contribution in [2.75, 3.05) is 50.7 Å². The van der Waals surface area contributed by atoms with Gasteiger partial charge in [-0.25, -0.2) is 4.98 Å². The maximum Gasteiger partial charge on any atom is 0.223 e. The van der Waals surface area contributed by atoms with Gasteiger partial charge in [0, 0.05) is 70.4 Å². The lowest BCUT2D eigenvalue weighted by atomic mass is 9.96. The number of anilines is 1. The number of amides is 1. The van der Waals surface area contributed by atoms with E-state index < -0.39 is 0 Å². The monoisotopic (exact) mass is 460 g/mol. The van der Waals surface area contributed by atoms with Crippen LogP contribution in [0.3, 0.4) is 0 Å². The summed E-state index contributed by atoms with van der Waals surface area (Å²) < 4.78 is 0. The van der Waals surface area contributed by atoms with Crippen LogP contribution in [-0.2, 0) is 17.6 Å². The molecule has 0 saturated carbocycles. The van der Waals surface area contributed by atoms with E-state index in [0.29, 0.717) is 18.8 Å². The van der Waals surface area contributed by atoms with E-state index in [9.17, 15) is 9.59 Å². The van der Waals surface area contributed by atoms with Crippen molar-refractivity contribution < 1.29 is 9.59 Å². The van der Waals surface area contributed by atoms with Gasteiger partial charge in [-0.2, -0.15) is 0 Å². The molecule has 0 radical (unpaired) electrons. The molecule has 1 aliphatic carbocycles. The number of rotatable bonds is 7. The Bertz CT molecular complexity index is 1000. The molecule has 3 heterocycles. The minimum Gasteiger partial charge on any atom is -0.354 e. The summed E-state index contributed by atoms with van der Waals surface area (Å²) in [5.74, 6) is 1.82. The van der Waals surface area contributed by atoms with Crippen molar-refractivity contribution in [2.45, 2.75) is 44.9 Å². The number of hydrogen-bond acceptors (Lipinski definition) is 5. The van der Waals surface area contributed by atoms with Crippen LogP contribution >= 0.6 is 0 Å². The van der Waals surface area contributed by atoms with Crippen LogP contribution in [0, 0.1) is 5.92 Å². The van der Waals surface area contributed by atoms with Crippen LogP contribution in [0.25, 0.3) is 0 Å². The number of hydrogen-bond donors (Lipinski definition) is 0. The average Bonchev–Trinajstić information content (AvgIpc) is 3.36. The van der Waals surface area contributed by atoms with E-state index in [1.54, 1.807) is 0 Å². The molecule has 1 amide bonds. The minimum atomic E-state index is 0.0994. The lowest BCUT2D eigenvalue weighted by Gasteiger charge is -2.39. The second-order valence-electron chi connectivity index (χ2n) is 10.1. The molecule has 3 aliphatic rings. The molecule has 0 bridgehead atoms. The molecule has 2 aromatic rings. The molecule has 2 fully saturated rings. The van der Waals surface area contributed by atoms with E-state index in [4.69, 9.17) is 0 Å². The third-order valence-corrected chi connectivity index (χ3v) is 7.72. The smallest absolute Gasteiger partial charge is 0.223 e. The molecular formula is C28H36N4O2. The van der Waals surface area contributed by atoms with Crippen molar-refractivity contribution in [1.82, 2.24) is 14.8 Å². The van der Waals surface area contributed by atoms with Gasteiger partial charge in [0.05, 0.1) is 0 Å². The van der Waals surface area contributed by atoms with E-state index in [1.807, 2.05) is 29.3 Å². The molecule has 2 saturated heterocycles. The molecule has 1 aromatic carbocycles. The van der Waals surface area contributed by atoms with Crippen LogP contribution in [0.5, 0.6) is 0 Å². The van der Waals surface area contributed by atoms with Gasteiger partial charge in [0.2, 0.25) is 5.91 Å². The number of carbonyl (C=O) groups excluding carboxylic acids is 2. The molecule has 34 heavy (non-hydrogen) atoms. The molecule has 5 rings (SSSR count). The molecule has 1 atom stereocenters. The Labute approximate surface area is 202 Å². The van der Waals surface area contributed by atoms with Crippen molar-refractivity contribution >= 4 is 17.5 Å². The molecule has 0 N–H and O–H groups in total. The van der Waals surface area contributed by atoms with E-state index in [1.165, 1.54) is 24.0 Å². The number of Topliss-reactive ketones (excluding diaryl/α,β-unsaturated/α-hetero) is 1. The highest BCUT2D eigenvalue weighted by Gasteiger charge is 2.27. The average molecular weight is 461 g/mol. The normalized spacial score (nSPS) is 20.9. The predicted molar refractivity (Wildman–Crippen MR) is 134 cm³/mol. The number of benzene rings is 1. The summed E-state index contributed by atoms with van der Waals surface area (Å²) in [6.07, 6.45) is 8.11. The van der Waals surface area contributed by atoms with Crippen molar-refractivity contribution in [2.24, 2.45) is 5.92 Å². The Morgan fingerprint density at radius 2 is 1.76 bits per heavy atom. The summed E-state index contributed by atoms with van der Waals surface area (Å²) in [6, 6.07) is 12.2. The first kappa shape index (κ1) is 23.0. The summed E-state index contributed by atoms with van der Waals surface area (Å²) in [6.45, 7) is 6.77. The second kappa shape index (κ2) is 10.7. The van der Waals surface area contributed by atoms with Gasteiger partial charge in [-0.15, -0.1) is 0 Å². The van der Waals surface area contributed by atoms with Gasteiger partial charge in [-0.05, 0) is 67.3 Å². The second-order valence-corrected chi connectivity index (χ2v) is 10.1. The number of pyridine rings is 1. The molecule has 6 heteroatoms. The van der Waals surface area contributed by atoms with E-state index in [2.05, 4.69) is 33.0 Å². The van der Waals surface area contributed by atoms with Gasteiger partial charge in [-0.3, -0.25) is 14.5 Å². The quantitative estimate of drug-likeness (QED) is 0.591. The van der Waals surface area contributed by atoms with E-state index in [-0.39, 0.29) is 11.7 Å². The van der Waals surface area contributed by atoms with Crippen molar-refractivity contribution in [3.05, 3.63) is 59.3 Å². The molecule has 6 nitrogen and oxygen atoms in total. The fourth-order valence-corrected chi connectivity index (χ4v) is 5.77. The first-order valence-corrected chi connectivity index (χ1v) is 13.0. The molecule has 180 valence electrons. The Kier molecular flexibility index (Phi) is 7.24. The summed E-state index contributed by atoms with van der Waals surface area (Å²) >= 11 is 0. The lowest BCUT2D eigenvalue weighted by molar-refractivity contribution is -0.133. The fraction of sp³-hybridized carbons (Fsp3) is 0.536. The third-order valence-electron chi connectivity index (χ3n) is 7.72. The number of piperazine rings is 1. The van der Waals surface area contributed by atoms with Gasteiger partial charge >= 0.3 is 0 Å². The van der Waals surface area contributed by atoms with Crippen LogP contribution in [0.1, 0.15) is 53.6 Å². The van der Waals surface area contributed by atoms with Crippen LogP contribution in [0.2, 0.25) is 0 Å². The Hall–Kier alpha value is -2.73. The number of nitrogens with zero attached hydrogens (tertiary/aromatic N) is 4. The highest BCUT2D eigenvalue weighted by atomic mass is 16.2. The summed E-state index contributed by atoms with van der Waals surface area (Å²) in [5.41, 5.74) is 3.47. The van der Waals surface area contributed by atoms with Gasteiger partial charge in [0.15, 0.2) is 5.78 Å². The summed E-state index contributed by atoms with van der Waals surface area (Å²) in [7, 11) is 0. The highest BCUT2D eigenvalue weighted by molar-refractivity contribution is 5.98. The molecule has 2 aliphatic heterocycles. The highest BCUT2D eigenvalue weighted by Crippen LogP contribution is 2.24. The number of aromatic nitrogens is 1. The summed E-state index contributed by atoms with van der Waals surface area (Å²) in [4.78, 5) is 37.0. The first-order valence-electron chi connectivity index (χ1n) is 13.0. The molecule has 1 aromatic heterocycles. The largest absolute Gasteiger partial charge is 0.354 e. The SMILES string of the molecule is O=C(CCC(=O)N1CCCC(CN2CCN(c3ccccn3)CC2)C1)c1ccc2c(c1)CCC2. The van der Waals surface area contributed by atoms with Gasteiger partial charge < -0.3 is 9.80 Å². The van der Waals surface area contributed by atoms with Gasteiger partial charge in [0.1, 0.15) is 5.82 Å². The van der Waals surface area contributed by atoms with Crippen LogP contribution in [0.15, 0.2) is 42.6 Å². The van der Waals surface area contributed by atoms with Gasteiger partial charge in [-0.1, -0.05) is 18.2 Å². The van der Waals surface area contributed by atoms with Gasteiger partial charge in [0.25, 0.3) is 0 Å². The topological polar surface area (TPSA) is 56.8 Å². The zero-order chi connectivity index (χ0) is 23.3. The number of aryl methyl sites for hydroxylation is 2. The van der Waals surface area contributed by atoms with E-state index in [0.717, 1.165) is 76.5 Å².